The number of hydrogen-bond acceptors (Lipinski definition) is 4. The van der Waals surface area contributed by atoms with Gasteiger partial charge in [0.05, 0.1) is 19.5 Å². The Kier molecular flexibility index (Phi) is 4.06. The maximum Gasteiger partial charge on any atom is 0.222 e. The molecule has 0 atom stereocenters. The van der Waals surface area contributed by atoms with Gasteiger partial charge in [0.2, 0.25) is 5.95 Å². The van der Waals surface area contributed by atoms with Crippen LogP contribution < -0.4 is 10.1 Å². The van der Waals surface area contributed by atoms with E-state index in [2.05, 4.69) is 15.3 Å². The fraction of sp³-hybridized carbons (Fsp3) is 0.231. The molecule has 1 heterocycles. The lowest BCUT2D eigenvalue weighted by atomic mass is 10.1. The average molecular weight is 247 g/mol. The first-order valence-electron chi connectivity index (χ1n) is 5.62. The maximum atomic E-state index is 12.6. The number of ether oxygens (including phenoxy) is 1. The number of nitrogens with one attached hydrogen (secondary N) is 1. The van der Waals surface area contributed by atoms with Gasteiger partial charge < -0.3 is 10.1 Å². The van der Waals surface area contributed by atoms with Crippen molar-refractivity contribution in [3.63, 3.8) is 0 Å². The zero-order chi connectivity index (χ0) is 12.8. The van der Waals surface area contributed by atoms with E-state index in [-0.39, 0.29) is 0 Å². The van der Waals surface area contributed by atoms with Gasteiger partial charge in [0.15, 0.2) is 5.82 Å². The molecule has 18 heavy (non-hydrogen) atoms. The Morgan fingerprint density at radius 1 is 1.28 bits per heavy atom. The normalized spacial score (nSPS) is 10.1. The van der Waals surface area contributed by atoms with Crippen LogP contribution in [0.15, 0.2) is 36.7 Å². The predicted octanol–water partition coefficient (Wildman–Crippen LogP) is 2.28. The standard InChI is InChI=1S/C13H14FN3O/c1-18-12-4-2-3-10(7-12)5-6-15-13-16-8-11(14)9-17-13/h2-4,7-9H,5-6H2,1H3,(H,15,16,17). The number of hydrogen-bond donors (Lipinski definition) is 1. The van der Waals surface area contributed by atoms with Crippen molar-refractivity contribution in [1.29, 1.82) is 0 Å². The van der Waals surface area contributed by atoms with Crippen molar-refractivity contribution in [2.24, 2.45) is 0 Å². The molecule has 0 spiro atoms. The molecular weight excluding hydrogens is 233 g/mol. The van der Waals surface area contributed by atoms with E-state index in [0.29, 0.717) is 12.5 Å². The zero-order valence-corrected chi connectivity index (χ0v) is 10.1. The molecule has 1 aromatic heterocycles. The molecule has 0 unspecified atom stereocenters. The van der Waals surface area contributed by atoms with Gasteiger partial charge in [-0.05, 0) is 24.1 Å². The minimum atomic E-state index is -0.437. The van der Waals surface area contributed by atoms with Crippen molar-refractivity contribution >= 4 is 5.95 Å². The molecule has 0 fully saturated rings. The smallest absolute Gasteiger partial charge is 0.222 e. The summed E-state index contributed by atoms with van der Waals surface area (Å²) in [4.78, 5) is 7.64. The molecule has 1 aromatic carbocycles. The Hall–Kier alpha value is -2.17. The summed E-state index contributed by atoms with van der Waals surface area (Å²) in [6.07, 6.45) is 3.10. The van der Waals surface area contributed by atoms with Crippen molar-refractivity contribution in [2.45, 2.75) is 6.42 Å². The highest BCUT2D eigenvalue weighted by Crippen LogP contribution is 2.12. The van der Waals surface area contributed by atoms with Gasteiger partial charge in [0.25, 0.3) is 0 Å². The molecule has 0 saturated carbocycles. The van der Waals surface area contributed by atoms with E-state index < -0.39 is 5.82 Å². The lowest BCUT2D eigenvalue weighted by molar-refractivity contribution is 0.414. The molecule has 1 N–H and O–H groups in total. The van der Waals surface area contributed by atoms with Crippen molar-refractivity contribution in [1.82, 2.24) is 9.97 Å². The lowest BCUT2D eigenvalue weighted by Crippen LogP contribution is -2.07. The number of nitrogens with zero attached hydrogens (tertiary/aromatic N) is 2. The third-order valence-corrected chi connectivity index (χ3v) is 2.45. The van der Waals surface area contributed by atoms with Crippen LogP contribution in [0, 0.1) is 5.82 Å². The second-order valence-electron chi connectivity index (χ2n) is 3.75. The quantitative estimate of drug-likeness (QED) is 0.880. The van der Waals surface area contributed by atoms with Gasteiger partial charge in [0, 0.05) is 6.54 Å². The van der Waals surface area contributed by atoms with E-state index in [1.165, 1.54) is 0 Å². The summed E-state index contributed by atoms with van der Waals surface area (Å²) in [7, 11) is 1.64. The topological polar surface area (TPSA) is 47.0 Å². The van der Waals surface area contributed by atoms with Gasteiger partial charge in [-0.2, -0.15) is 0 Å². The first-order chi connectivity index (χ1) is 8.78. The minimum Gasteiger partial charge on any atom is -0.497 e. The molecule has 94 valence electrons. The molecule has 4 nitrogen and oxygen atoms in total. The largest absolute Gasteiger partial charge is 0.497 e. The summed E-state index contributed by atoms with van der Waals surface area (Å²) in [5, 5.41) is 3.03. The number of aromatic nitrogens is 2. The van der Waals surface area contributed by atoms with Crippen LogP contribution in [-0.2, 0) is 6.42 Å². The van der Waals surface area contributed by atoms with E-state index in [4.69, 9.17) is 4.74 Å². The van der Waals surface area contributed by atoms with Gasteiger partial charge >= 0.3 is 0 Å². The molecule has 2 aromatic rings. The summed E-state index contributed by atoms with van der Waals surface area (Å²) >= 11 is 0. The van der Waals surface area contributed by atoms with E-state index in [1.807, 2.05) is 24.3 Å². The Morgan fingerprint density at radius 3 is 2.78 bits per heavy atom. The molecule has 0 radical (unpaired) electrons. The van der Waals surface area contributed by atoms with Crippen molar-refractivity contribution in [3.8, 4) is 5.75 Å². The van der Waals surface area contributed by atoms with E-state index in [1.54, 1.807) is 7.11 Å². The fourth-order valence-corrected chi connectivity index (χ4v) is 1.55. The molecule has 0 amide bonds. The summed E-state index contributed by atoms with van der Waals surface area (Å²) in [6.45, 7) is 0.679. The third kappa shape index (κ3) is 3.41. The molecule has 0 bridgehead atoms. The van der Waals surface area contributed by atoms with E-state index in [9.17, 15) is 4.39 Å². The Morgan fingerprint density at radius 2 is 2.06 bits per heavy atom. The van der Waals surface area contributed by atoms with E-state index >= 15 is 0 Å². The Bertz CT molecular complexity index is 502. The van der Waals surface area contributed by atoms with Gasteiger partial charge in [-0.15, -0.1) is 0 Å². The van der Waals surface area contributed by atoms with E-state index in [0.717, 1.165) is 30.1 Å². The maximum absolute atomic E-state index is 12.6. The first kappa shape index (κ1) is 12.3. The van der Waals surface area contributed by atoms with Crippen LogP contribution in [-0.4, -0.2) is 23.6 Å². The highest BCUT2D eigenvalue weighted by atomic mass is 19.1. The molecule has 0 saturated heterocycles. The molecular formula is C13H14FN3O. The second-order valence-corrected chi connectivity index (χ2v) is 3.75. The van der Waals surface area contributed by atoms with Gasteiger partial charge in [-0.25, -0.2) is 14.4 Å². The first-order valence-corrected chi connectivity index (χ1v) is 5.62. The Labute approximate surface area is 105 Å². The summed E-state index contributed by atoms with van der Waals surface area (Å²) in [6, 6.07) is 7.85. The van der Waals surface area contributed by atoms with Crippen LogP contribution in [0.5, 0.6) is 5.75 Å². The number of benzene rings is 1. The monoisotopic (exact) mass is 247 g/mol. The fourth-order valence-electron chi connectivity index (χ4n) is 1.55. The third-order valence-electron chi connectivity index (χ3n) is 2.45. The van der Waals surface area contributed by atoms with Gasteiger partial charge in [-0.1, -0.05) is 12.1 Å². The summed E-state index contributed by atoms with van der Waals surface area (Å²) in [5.74, 6) is 0.832. The minimum absolute atomic E-state index is 0.430. The van der Waals surface area contributed by atoms with Crippen LogP contribution in [0.3, 0.4) is 0 Å². The molecule has 5 heteroatoms. The lowest BCUT2D eigenvalue weighted by Gasteiger charge is -2.06. The van der Waals surface area contributed by atoms with Crippen molar-refractivity contribution < 1.29 is 9.13 Å². The molecule has 0 aliphatic rings. The average Bonchev–Trinajstić information content (AvgIpc) is 2.41. The predicted molar refractivity (Wildman–Crippen MR) is 67.2 cm³/mol. The van der Waals surface area contributed by atoms with Crippen molar-refractivity contribution in [2.75, 3.05) is 19.0 Å². The highest BCUT2D eigenvalue weighted by Gasteiger charge is 1.98. The second kappa shape index (κ2) is 5.95. The zero-order valence-electron chi connectivity index (χ0n) is 10.1. The van der Waals surface area contributed by atoms with Crippen LogP contribution in [0.1, 0.15) is 5.56 Å². The molecule has 0 aliphatic carbocycles. The highest BCUT2D eigenvalue weighted by molar-refractivity contribution is 5.30. The molecule has 2 rings (SSSR count). The van der Waals surface area contributed by atoms with Crippen molar-refractivity contribution in [3.05, 3.63) is 48.0 Å². The number of methoxy groups -OCH3 is 1. The Balaban J connectivity index is 1.86. The number of anilines is 1. The number of rotatable bonds is 5. The van der Waals surface area contributed by atoms with Gasteiger partial charge in [0.1, 0.15) is 5.75 Å². The molecule has 0 aliphatic heterocycles. The van der Waals surface area contributed by atoms with Crippen LogP contribution in [0.4, 0.5) is 10.3 Å². The summed E-state index contributed by atoms with van der Waals surface area (Å²) in [5.41, 5.74) is 1.16. The van der Waals surface area contributed by atoms with Crippen LogP contribution >= 0.6 is 0 Å². The number of halogens is 1. The summed E-state index contributed by atoms with van der Waals surface area (Å²) < 4.78 is 17.7. The van der Waals surface area contributed by atoms with Crippen LogP contribution in [0.25, 0.3) is 0 Å². The van der Waals surface area contributed by atoms with Gasteiger partial charge in [-0.3, -0.25) is 0 Å². The SMILES string of the molecule is COc1cccc(CCNc2ncc(F)cn2)c1. The van der Waals surface area contributed by atoms with Crippen LogP contribution in [0.2, 0.25) is 0 Å².